The Hall–Kier alpha value is -0.610. The Morgan fingerprint density at radius 3 is 2.75 bits per heavy atom. The number of nitrogens with one attached hydrogen (secondary N) is 2. The molecule has 8 heavy (non-hydrogen) atoms. The van der Waals surface area contributed by atoms with Gasteiger partial charge in [0.05, 0.1) is 6.04 Å². The Morgan fingerprint density at radius 1 is 1.75 bits per heavy atom. The molecule has 0 aromatic heterocycles. The van der Waals surface area contributed by atoms with Crippen molar-refractivity contribution in [2.24, 2.45) is 5.10 Å². The zero-order valence-electron chi connectivity index (χ0n) is 5.05. The van der Waals surface area contributed by atoms with E-state index in [0.29, 0.717) is 6.04 Å². The molecule has 4 nitrogen and oxygen atoms in total. The van der Waals surface area contributed by atoms with E-state index in [1.807, 2.05) is 0 Å². The SMILES string of the molecule is CC(C)[NH+]1N=CN[N-]1. The molecule has 0 saturated heterocycles. The van der Waals surface area contributed by atoms with Crippen LogP contribution in [0, 0.1) is 0 Å². The predicted octanol–water partition coefficient (Wildman–Crippen LogP) is -0.970. The van der Waals surface area contributed by atoms with Crippen molar-refractivity contribution >= 4 is 6.34 Å². The molecule has 0 aromatic rings. The minimum Gasteiger partial charge on any atom is -0.424 e. The molecule has 2 N–H and O–H groups in total. The van der Waals surface area contributed by atoms with E-state index in [2.05, 4.69) is 29.9 Å². The van der Waals surface area contributed by atoms with E-state index in [4.69, 9.17) is 0 Å². The number of rotatable bonds is 1. The van der Waals surface area contributed by atoms with Crippen LogP contribution in [0.2, 0.25) is 0 Å². The highest BCUT2D eigenvalue weighted by atomic mass is 15.9. The lowest BCUT2D eigenvalue weighted by molar-refractivity contribution is -0.889. The third-order valence-corrected chi connectivity index (χ3v) is 0.950. The monoisotopic (exact) mass is 114 g/mol. The Kier molecular flexibility index (Phi) is 1.45. The summed E-state index contributed by atoms with van der Waals surface area (Å²) in [5.41, 5.74) is 6.53. The minimum atomic E-state index is 0.432. The quantitative estimate of drug-likeness (QED) is 0.452. The van der Waals surface area contributed by atoms with Crippen LogP contribution in [0.4, 0.5) is 0 Å². The van der Waals surface area contributed by atoms with Crippen molar-refractivity contribution in [1.29, 1.82) is 0 Å². The van der Waals surface area contributed by atoms with Crippen LogP contribution in [0.1, 0.15) is 13.8 Å². The molecule has 1 atom stereocenters. The van der Waals surface area contributed by atoms with Gasteiger partial charge < -0.3 is 11.0 Å². The van der Waals surface area contributed by atoms with Crippen LogP contribution in [-0.4, -0.2) is 12.4 Å². The van der Waals surface area contributed by atoms with Crippen molar-refractivity contribution in [3.63, 3.8) is 0 Å². The molecule has 1 aliphatic heterocycles. The van der Waals surface area contributed by atoms with E-state index in [1.165, 1.54) is 0 Å². The third kappa shape index (κ3) is 0.962. The Labute approximate surface area is 48.5 Å². The molecule has 4 heteroatoms. The third-order valence-electron chi connectivity index (χ3n) is 0.950. The first kappa shape index (κ1) is 5.53. The van der Waals surface area contributed by atoms with E-state index >= 15 is 0 Å². The highest BCUT2D eigenvalue weighted by Gasteiger charge is 2.03. The molecule has 1 heterocycles. The lowest BCUT2D eigenvalue weighted by Crippen LogP contribution is -3.05. The first-order valence-electron chi connectivity index (χ1n) is 2.66. The molecule has 1 aliphatic rings. The van der Waals surface area contributed by atoms with Crippen molar-refractivity contribution < 1.29 is 5.12 Å². The molecule has 0 saturated carbocycles. The summed E-state index contributed by atoms with van der Waals surface area (Å²) >= 11 is 0. The first-order chi connectivity index (χ1) is 3.80. The van der Waals surface area contributed by atoms with Crippen LogP contribution >= 0.6 is 0 Å². The Morgan fingerprint density at radius 2 is 2.50 bits per heavy atom. The van der Waals surface area contributed by atoms with Crippen LogP contribution in [0.5, 0.6) is 0 Å². The van der Waals surface area contributed by atoms with Crippen LogP contribution in [0.3, 0.4) is 0 Å². The summed E-state index contributed by atoms with van der Waals surface area (Å²) in [6, 6.07) is 0.432. The van der Waals surface area contributed by atoms with Crippen LogP contribution in [0.15, 0.2) is 5.10 Å². The van der Waals surface area contributed by atoms with E-state index in [0.717, 1.165) is 5.12 Å². The molecule has 0 spiro atoms. The highest BCUT2D eigenvalue weighted by molar-refractivity contribution is 5.55. The average Bonchev–Trinajstić information content (AvgIpc) is 2.12. The fourth-order valence-electron chi connectivity index (χ4n) is 0.497. The lowest BCUT2D eigenvalue weighted by atomic mass is 10.4. The average molecular weight is 114 g/mol. The summed E-state index contributed by atoms with van der Waals surface area (Å²) in [7, 11) is 0. The maximum absolute atomic E-state index is 3.95. The summed E-state index contributed by atoms with van der Waals surface area (Å²) in [4.78, 5) is 0. The van der Waals surface area contributed by atoms with Crippen molar-refractivity contribution in [1.82, 2.24) is 5.43 Å². The van der Waals surface area contributed by atoms with Gasteiger partial charge in [-0.2, -0.15) is 0 Å². The normalized spacial score (nSPS) is 26.6. The number of quaternary nitrogens is 1. The molecule has 46 valence electrons. The maximum Gasteiger partial charge on any atom is 0.130 e. The van der Waals surface area contributed by atoms with Gasteiger partial charge >= 0.3 is 0 Å². The molecule has 0 radical (unpaired) electrons. The zero-order valence-corrected chi connectivity index (χ0v) is 5.05. The van der Waals surface area contributed by atoms with E-state index < -0.39 is 0 Å². The van der Waals surface area contributed by atoms with Crippen LogP contribution in [-0.2, 0) is 0 Å². The maximum atomic E-state index is 3.95. The van der Waals surface area contributed by atoms with Crippen LogP contribution < -0.4 is 10.5 Å². The minimum absolute atomic E-state index is 0.432. The topological polar surface area (TPSA) is 42.9 Å². The predicted molar refractivity (Wildman–Crippen MR) is 31.1 cm³/mol. The number of nitrogens with zero attached hydrogens (tertiary/aromatic N) is 2. The van der Waals surface area contributed by atoms with Crippen molar-refractivity contribution in [2.45, 2.75) is 19.9 Å². The second-order valence-electron chi connectivity index (χ2n) is 2.01. The lowest BCUT2D eigenvalue weighted by Gasteiger charge is -2.21. The Balaban J connectivity index is 2.36. The van der Waals surface area contributed by atoms with Gasteiger partial charge in [0.25, 0.3) is 0 Å². The molecule has 0 aliphatic carbocycles. The van der Waals surface area contributed by atoms with Gasteiger partial charge in [-0.05, 0) is 13.8 Å². The van der Waals surface area contributed by atoms with Gasteiger partial charge in [0, 0.05) is 0 Å². The molecule has 0 aromatic carbocycles. The smallest absolute Gasteiger partial charge is 0.130 e. The number of hydrogen-bond acceptors (Lipinski definition) is 2. The van der Waals surface area contributed by atoms with Crippen molar-refractivity contribution in [3.8, 4) is 0 Å². The molecule has 0 fully saturated rings. The van der Waals surface area contributed by atoms with Gasteiger partial charge in [0.15, 0.2) is 0 Å². The van der Waals surface area contributed by atoms with Gasteiger partial charge in [-0.25, -0.2) is 0 Å². The Bertz CT molecular complexity index is 98.2. The molecule has 0 amide bonds. The largest absolute Gasteiger partial charge is 0.424 e. The summed E-state index contributed by atoms with van der Waals surface area (Å²) in [6.45, 7) is 4.12. The highest BCUT2D eigenvalue weighted by Crippen LogP contribution is 1.74. The summed E-state index contributed by atoms with van der Waals surface area (Å²) in [6.07, 6.45) is 1.59. The van der Waals surface area contributed by atoms with E-state index in [-0.39, 0.29) is 0 Å². The van der Waals surface area contributed by atoms with Gasteiger partial charge in [-0.1, -0.05) is 5.10 Å². The summed E-state index contributed by atoms with van der Waals surface area (Å²) in [5.74, 6) is 0. The van der Waals surface area contributed by atoms with Crippen molar-refractivity contribution in [3.05, 3.63) is 5.53 Å². The fraction of sp³-hybridized carbons (Fsp3) is 0.750. The van der Waals surface area contributed by atoms with E-state index in [9.17, 15) is 0 Å². The molecular weight excluding hydrogens is 104 g/mol. The van der Waals surface area contributed by atoms with Gasteiger partial charge in [-0.15, -0.1) is 0 Å². The van der Waals surface area contributed by atoms with Gasteiger partial charge in [0.2, 0.25) is 0 Å². The summed E-state index contributed by atoms with van der Waals surface area (Å²) < 4.78 is 0. The second kappa shape index (κ2) is 2.11. The molecule has 0 bridgehead atoms. The van der Waals surface area contributed by atoms with Crippen LogP contribution in [0.25, 0.3) is 5.53 Å². The molecular formula is C4H10N4. The molecule has 1 unspecified atom stereocenters. The van der Waals surface area contributed by atoms with Crippen molar-refractivity contribution in [2.75, 3.05) is 0 Å². The van der Waals surface area contributed by atoms with Gasteiger partial charge in [0.1, 0.15) is 6.34 Å². The fourth-order valence-corrected chi connectivity index (χ4v) is 0.497. The summed E-state index contributed by atoms with van der Waals surface area (Å²) in [5, 5.41) is 4.83. The zero-order chi connectivity index (χ0) is 5.98. The van der Waals surface area contributed by atoms with E-state index in [1.54, 1.807) is 6.34 Å². The first-order valence-corrected chi connectivity index (χ1v) is 2.66. The molecule has 1 rings (SSSR count). The number of hydrogen-bond donors (Lipinski definition) is 2. The van der Waals surface area contributed by atoms with Gasteiger partial charge in [-0.3, -0.25) is 5.12 Å². The second-order valence-corrected chi connectivity index (χ2v) is 2.01. The standard InChI is InChI=1S/C4H10N4/c1-4(2)8-6-3-5-7-8/h3-4,8H,1-2H3,(H,5,6).